The first-order chi connectivity index (χ1) is 9.65. The third-order valence-corrected chi connectivity index (χ3v) is 4.96. The average Bonchev–Trinajstić information content (AvgIpc) is 2.67. The van der Waals surface area contributed by atoms with Gasteiger partial charge in [0.2, 0.25) is 5.91 Å². The minimum Gasteiger partial charge on any atom is -0.353 e. The van der Waals surface area contributed by atoms with Crippen molar-refractivity contribution in [3.05, 3.63) is 0 Å². The minimum atomic E-state index is 0.286. The summed E-state index contributed by atoms with van der Waals surface area (Å²) in [6.07, 6.45) is 9.85. The number of hydrogen-bond acceptors (Lipinski definition) is 1. The number of carbonyl (C=O) groups is 1. The smallest absolute Gasteiger partial charge is 0.223 e. The summed E-state index contributed by atoms with van der Waals surface area (Å²) in [5, 5.41) is 3.34. The number of hydrogen-bond donors (Lipinski definition) is 2. The molecule has 2 rings (SSSR count). The van der Waals surface area contributed by atoms with Crippen LogP contribution in [0.1, 0.15) is 65.2 Å². The molecule has 20 heavy (non-hydrogen) atoms. The lowest BCUT2D eigenvalue weighted by molar-refractivity contribution is -0.908. The highest BCUT2D eigenvalue weighted by Gasteiger charge is 2.28. The monoisotopic (exact) mass is 281 g/mol. The van der Waals surface area contributed by atoms with Crippen molar-refractivity contribution in [1.82, 2.24) is 5.32 Å². The van der Waals surface area contributed by atoms with Crippen LogP contribution in [0.3, 0.4) is 0 Å². The number of carbonyl (C=O) groups excluding carboxylic acids is 1. The molecule has 1 heterocycles. The van der Waals surface area contributed by atoms with E-state index in [4.69, 9.17) is 0 Å². The Morgan fingerprint density at radius 2 is 1.65 bits per heavy atom. The highest BCUT2D eigenvalue weighted by Crippen LogP contribution is 2.18. The van der Waals surface area contributed by atoms with E-state index in [1.807, 2.05) is 0 Å². The zero-order valence-corrected chi connectivity index (χ0v) is 13.4. The maximum Gasteiger partial charge on any atom is 0.223 e. The fourth-order valence-corrected chi connectivity index (χ4v) is 3.81. The number of likely N-dealkylation sites (tertiary alicyclic amines) is 1. The average molecular weight is 281 g/mol. The van der Waals surface area contributed by atoms with Crippen LogP contribution in [0.5, 0.6) is 0 Å². The van der Waals surface area contributed by atoms with Gasteiger partial charge in [-0.2, -0.15) is 0 Å². The second-order valence-electron chi connectivity index (χ2n) is 7.32. The van der Waals surface area contributed by atoms with Crippen molar-refractivity contribution < 1.29 is 9.69 Å². The third kappa shape index (κ3) is 5.08. The van der Waals surface area contributed by atoms with Crippen LogP contribution in [0.15, 0.2) is 0 Å². The van der Waals surface area contributed by atoms with E-state index in [-0.39, 0.29) is 5.92 Å². The highest BCUT2D eigenvalue weighted by atomic mass is 16.1. The molecule has 0 aromatic heterocycles. The Hall–Kier alpha value is -0.570. The quantitative estimate of drug-likeness (QED) is 0.757. The summed E-state index contributed by atoms with van der Waals surface area (Å²) >= 11 is 0. The van der Waals surface area contributed by atoms with Crippen molar-refractivity contribution >= 4 is 5.91 Å². The van der Waals surface area contributed by atoms with Crippen molar-refractivity contribution in [2.75, 3.05) is 19.6 Å². The fraction of sp³-hybridized carbons (Fsp3) is 0.941. The first-order valence-corrected chi connectivity index (χ1v) is 8.79. The summed E-state index contributed by atoms with van der Waals surface area (Å²) in [7, 11) is 0. The van der Waals surface area contributed by atoms with E-state index >= 15 is 0 Å². The Morgan fingerprint density at radius 1 is 1.05 bits per heavy atom. The molecule has 2 aliphatic rings. The predicted molar refractivity (Wildman–Crippen MR) is 82.8 cm³/mol. The minimum absolute atomic E-state index is 0.286. The Balaban J connectivity index is 1.71. The lowest BCUT2D eigenvalue weighted by Gasteiger charge is -2.30. The van der Waals surface area contributed by atoms with Gasteiger partial charge < -0.3 is 10.2 Å². The molecule has 1 amide bonds. The number of rotatable bonds is 4. The van der Waals surface area contributed by atoms with E-state index in [9.17, 15) is 4.79 Å². The van der Waals surface area contributed by atoms with Gasteiger partial charge in [-0.05, 0) is 12.8 Å². The van der Waals surface area contributed by atoms with E-state index in [2.05, 4.69) is 19.2 Å². The fourth-order valence-electron chi connectivity index (χ4n) is 3.81. The van der Waals surface area contributed by atoms with Gasteiger partial charge in [0.25, 0.3) is 0 Å². The highest BCUT2D eigenvalue weighted by molar-refractivity contribution is 5.79. The first-order valence-electron chi connectivity index (χ1n) is 8.79. The van der Waals surface area contributed by atoms with Crippen LogP contribution in [0, 0.1) is 11.8 Å². The molecule has 0 spiro atoms. The Morgan fingerprint density at radius 3 is 2.20 bits per heavy atom. The Bertz CT molecular complexity index is 287. The third-order valence-electron chi connectivity index (χ3n) is 4.96. The second kappa shape index (κ2) is 8.02. The zero-order chi connectivity index (χ0) is 14.4. The van der Waals surface area contributed by atoms with E-state index < -0.39 is 0 Å². The molecule has 0 aromatic carbocycles. The molecule has 1 saturated heterocycles. The molecule has 2 fully saturated rings. The zero-order valence-electron chi connectivity index (χ0n) is 13.4. The van der Waals surface area contributed by atoms with Gasteiger partial charge in [-0.1, -0.05) is 39.5 Å². The van der Waals surface area contributed by atoms with Crippen LogP contribution in [-0.4, -0.2) is 31.6 Å². The van der Waals surface area contributed by atoms with E-state index in [0.29, 0.717) is 11.9 Å². The Labute approximate surface area is 124 Å². The van der Waals surface area contributed by atoms with E-state index in [0.717, 1.165) is 18.8 Å². The molecular weight excluding hydrogens is 248 g/mol. The molecule has 2 N–H and O–H groups in total. The first kappa shape index (κ1) is 15.8. The summed E-state index contributed by atoms with van der Waals surface area (Å²) in [6.45, 7) is 8.20. The van der Waals surface area contributed by atoms with Gasteiger partial charge in [-0.25, -0.2) is 0 Å². The Kier molecular flexibility index (Phi) is 6.34. The molecule has 116 valence electrons. The summed E-state index contributed by atoms with van der Waals surface area (Å²) < 4.78 is 0. The molecule has 0 bridgehead atoms. The van der Waals surface area contributed by atoms with Crippen LogP contribution >= 0.6 is 0 Å². The molecule has 3 heteroatoms. The van der Waals surface area contributed by atoms with Crippen LogP contribution in [0.4, 0.5) is 0 Å². The van der Waals surface area contributed by atoms with Gasteiger partial charge in [0.1, 0.15) is 0 Å². The van der Waals surface area contributed by atoms with Crippen molar-refractivity contribution in [2.45, 2.75) is 71.3 Å². The second-order valence-corrected chi connectivity index (χ2v) is 7.32. The van der Waals surface area contributed by atoms with Gasteiger partial charge in [0.15, 0.2) is 0 Å². The molecule has 1 aliphatic carbocycles. The molecule has 0 radical (unpaired) electrons. The molecule has 1 aliphatic heterocycles. The van der Waals surface area contributed by atoms with Crippen molar-refractivity contribution in [3.8, 4) is 0 Å². The number of piperidine rings is 1. The maximum atomic E-state index is 12.4. The molecule has 3 nitrogen and oxygen atoms in total. The van der Waals surface area contributed by atoms with Gasteiger partial charge in [-0.15, -0.1) is 0 Å². The molecule has 0 unspecified atom stereocenters. The normalized spacial score (nSPS) is 29.1. The lowest BCUT2D eigenvalue weighted by atomic mass is 9.94. The van der Waals surface area contributed by atoms with Gasteiger partial charge in [0, 0.05) is 30.7 Å². The summed E-state index contributed by atoms with van der Waals surface area (Å²) in [4.78, 5) is 14.1. The maximum absolute atomic E-state index is 12.4. The number of quaternary nitrogens is 1. The predicted octanol–water partition coefficient (Wildman–Crippen LogP) is 1.78. The number of nitrogens with one attached hydrogen (secondary N) is 2. The standard InChI is InChI=1S/C17H32N2O/c1-14(2)13-19-11-9-15(10-12-19)17(20)18-16-7-5-3-4-6-8-16/h14-16H,3-13H2,1-2H3,(H,18,20)/p+1. The molecule has 0 aromatic rings. The van der Waals surface area contributed by atoms with Crippen LogP contribution in [0.25, 0.3) is 0 Å². The molecular formula is C17H33N2O+. The van der Waals surface area contributed by atoms with Gasteiger partial charge in [-0.3, -0.25) is 4.79 Å². The van der Waals surface area contributed by atoms with Crippen molar-refractivity contribution in [1.29, 1.82) is 0 Å². The largest absolute Gasteiger partial charge is 0.353 e. The lowest BCUT2D eigenvalue weighted by Crippen LogP contribution is -3.13. The van der Waals surface area contributed by atoms with Crippen LogP contribution < -0.4 is 10.2 Å². The van der Waals surface area contributed by atoms with Crippen LogP contribution in [0.2, 0.25) is 0 Å². The van der Waals surface area contributed by atoms with Crippen molar-refractivity contribution in [3.63, 3.8) is 0 Å². The summed E-state index contributed by atoms with van der Waals surface area (Å²) in [6, 6.07) is 0.464. The van der Waals surface area contributed by atoms with Gasteiger partial charge in [0.05, 0.1) is 19.6 Å². The molecule has 0 atom stereocenters. The van der Waals surface area contributed by atoms with E-state index in [1.165, 1.54) is 58.2 Å². The number of amides is 1. The van der Waals surface area contributed by atoms with E-state index in [1.54, 1.807) is 4.90 Å². The van der Waals surface area contributed by atoms with Crippen LogP contribution in [-0.2, 0) is 4.79 Å². The summed E-state index contributed by atoms with van der Waals surface area (Å²) in [5.41, 5.74) is 0. The molecule has 1 saturated carbocycles. The van der Waals surface area contributed by atoms with Crippen molar-refractivity contribution in [2.24, 2.45) is 11.8 Å². The summed E-state index contributed by atoms with van der Waals surface area (Å²) in [5.74, 6) is 1.40. The van der Waals surface area contributed by atoms with Gasteiger partial charge >= 0.3 is 0 Å². The topological polar surface area (TPSA) is 33.5 Å². The SMILES string of the molecule is CC(C)C[NH+]1CCC(C(=O)NC2CCCCCC2)CC1.